The van der Waals surface area contributed by atoms with E-state index < -0.39 is 0 Å². The van der Waals surface area contributed by atoms with Gasteiger partial charge in [-0.05, 0) is 68.0 Å². The standard InChI is InChI=1S/C29H32N2O3S/c1-5-14-30(29(33)23-9-6-20(2)7-10-23)18-28(32)31-15-12-27-24(13-16-35-27)25(31)19-34-26-11-8-21(3)17-22(26)4/h5-11,13,16-17,25H,1,12,14-15,18-19H2,2-4H3. The molecule has 6 heteroatoms. The zero-order valence-electron chi connectivity index (χ0n) is 20.6. The molecule has 2 aromatic carbocycles. The van der Waals surface area contributed by atoms with Gasteiger partial charge in [0.15, 0.2) is 0 Å². The molecule has 5 nitrogen and oxygen atoms in total. The molecule has 0 saturated heterocycles. The largest absolute Gasteiger partial charge is 0.491 e. The van der Waals surface area contributed by atoms with Crippen LogP contribution in [-0.2, 0) is 11.2 Å². The number of hydrogen-bond acceptors (Lipinski definition) is 4. The summed E-state index contributed by atoms with van der Waals surface area (Å²) < 4.78 is 6.23. The van der Waals surface area contributed by atoms with Gasteiger partial charge in [-0.3, -0.25) is 9.59 Å². The van der Waals surface area contributed by atoms with Crippen molar-refractivity contribution in [1.82, 2.24) is 9.80 Å². The van der Waals surface area contributed by atoms with Crippen LogP contribution < -0.4 is 4.74 Å². The molecule has 2 amide bonds. The van der Waals surface area contributed by atoms with Crippen LogP contribution in [0.1, 0.15) is 43.5 Å². The average Bonchev–Trinajstić information content (AvgIpc) is 3.32. The van der Waals surface area contributed by atoms with Crippen molar-refractivity contribution in [3.63, 3.8) is 0 Å². The Balaban J connectivity index is 1.53. The lowest BCUT2D eigenvalue weighted by atomic mass is 10.00. The van der Waals surface area contributed by atoms with Crippen LogP contribution in [0.2, 0.25) is 0 Å². The van der Waals surface area contributed by atoms with Crippen LogP contribution in [0.4, 0.5) is 0 Å². The smallest absolute Gasteiger partial charge is 0.254 e. The maximum atomic E-state index is 13.6. The molecule has 1 unspecified atom stereocenters. The fourth-order valence-corrected chi connectivity index (χ4v) is 5.44. The van der Waals surface area contributed by atoms with Crippen molar-refractivity contribution in [3.05, 3.63) is 99.3 Å². The van der Waals surface area contributed by atoms with Crippen molar-refractivity contribution in [1.29, 1.82) is 0 Å². The Bertz CT molecular complexity index is 1210. The molecule has 0 bridgehead atoms. The Morgan fingerprint density at radius 2 is 1.86 bits per heavy atom. The molecule has 3 aromatic rings. The Kier molecular flexibility index (Phi) is 7.71. The minimum Gasteiger partial charge on any atom is -0.491 e. The van der Waals surface area contributed by atoms with Crippen LogP contribution in [0.25, 0.3) is 0 Å². The first-order valence-corrected chi connectivity index (χ1v) is 12.8. The van der Waals surface area contributed by atoms with Crippen LogP contribution in [0.15, 0.2) is 66.6 Å². The van der Waals surface area contributed by atoms with Crippen molar-refractivity contribution in [2.75, 3.05) is 26.2 Å². The van der Waals surface area contributed by atoms with E-state index in [0.717, 1.165) is 28.9 Å². The number of rotatable bonds is 8. The van der Waals surface area contributed by atoms with E-state index in [1.54, 1.807) is 34.4 Å². The summed E-state index contributed by atoms with van der Waals surface area (Å²) in [6.07, 6.45) is 2.47. The van der Waals surface area contributed by atoms with E-state index >= 15 is 0 Å². The van der Waals surface area contributed by atoms with E-state index in [2.05, 4.69) is 31.0 Å². The van der Waals surface area contributed by atoms with E-state index in [-0.39, 0.29) is 24.4 Å². The molecular weight excluding hydrogens is 456 g/mol. The monoisotopic (exact) mass is 488 g/mol. The van der Waals surface area contributed by atoms with Crippen LogP contribution in [0.5, 0.6) is 5.75 Å². The predicted molar refractivity (Wildman–Crippen MR) is 141 cm³/mol. The first kappa shape index (κ1) is 24.7. The lowest BCUT2D eigenvalue weighted by Crippen LogP contribution is -2.47. The number of fused-ring (bicyclic) bond motifs is 1. The molecule has 0 aliphatic carbocycles. The summed E-state index contributed by atoms with van der Waals surface area (Å²) in [7, 11) is 0. The third-order valence-electron chi connectivity index (χ3n) is 6.40. The third kappa shape index (κ3) is 5.65. The molecule has 0 saturated carbocycles. The van der Waals surface area contributed by atoms with Crippen LogP contribution in [0, 0.1) is 20.8 Å². The van der Waals surface area contributed by atoms with Gasteiger partial charge in [0.25, 0.3) is 5.91 Å². The topological polar surface area (TPSA) is 49.9 Å². The number of aryl methyl sites for hydroxylation is 3. The van der Waals surface area contributed by atoms with Crippen molar-refractivity contribution >= 4 is 23.2 Å². The van der Waals surface area contributed by atoms with Crippen molar-refractivity contribution in [2.45, 2.75) is 33.2 Å². The number of benzene rings is 2. The van der Waals surface area contributed by atoms with Gasteiger partial charge in [0.1, 0.15) is 18.9 Å². The van der Waals surface area contributed by atoms with Crippen LogP contribution in [-0.4, -0.2) is 47.9 Å². The molecule has 4 rings (SSSR count). The highest BCUT2D eigenvalue weighted by Gasteiger charge is 2.33. The van der Waals surface area contributed by atoms with Gasteiger partial charge >= 0.3 is 0 Å². The number of nitrogens with zero attached hydrogens (tertiary/aromatic N) is 2. The SMILES string of the molecule is C=CCN(CC(=O)N1CCc2sccc2C1COc1ccc(C)cc1C)C(=O)c1ccc(C)cc1. The van der Waals surface area contributed by atoms with Gasteiger partial charge in [-0.25, -0.2) is 0 Å². The van der Waals surface area contributed by atoms with Gasteiger partial charge in [-0.2, -0.15) is 0 Å². The molecule has 1 aliphatic rings. The van der Waals surface area contributed by atoms with E-state index in [9.17, 15) is 9.59 Å². The van der Waals surface area contributed by atoms with Crippen LogP contribution >= 0.6 is 11.3 Å². The Labute approximate surface area is 211 Å². The highest BCUT2D eigenvalue weighted by atomic mass is 32.1. The maximum absolute atomic E-state index is 13.6. The lowest BCUT2D eigenvalue weighted by molar-refractivity contribution is -0.135. The number of amides is 2. The molecule has 35 heavy (non-hydrogen) atoms. The number of thiophene rings is 1. The molecule has 0 fully saturated rings. The normalized spacial score (nSPS) is 14.8. The molecule has 2 heterocycles. The van der Waals surface area contributed by atoms with Crippen molar-refractivity contribution in [3.8, 4) is 5.75 Å². The van der Waals surface area contributed by atoms with Gasteiger partial charge in [0.2, 0.25) is 5.91 Å². The number of carbonyl (C=O) groups excluding carboxylic acids is 2. The maximum Gasteiger partial charge on any atom is 0.254 e. The fraction of sp³-hybridized carbons (Fsp3) is 0.310. The zero-order valence-corrected chi connectivity index (χ0v) is 21.4. The Hall–Kier alpha value is -3.38. The number of carbonyl (C=O) groups is 2. The molecular formula is C29H32N2O3S. The minimum absolute atomic E-state index is 0.00173. The third-order valence-corrected chi connectivity index (χ3v) is 7.40. The first-order valence-electron chi connectivity index (χ1n) is 11.9. The summed E-state index contributed by atoms with van der Waals surface area (Å²) in [5, 5.41) is 2.08. The zero-order chi connectivity index (χ0) is 24.9. The lowest BCUT2D eigenvalue weighted by Gasteiger charge is -2.37. The summed E-state index contributed by atoms with van der Waals surface area (Å²) in [4.78, 5) is 31.5. The van der Waals surface area contributed by atoms with Crippen molar-refractivity contribution in [2.24, 2.45) is 0 Å². The summed E-state index contributed by atoms with van der Waals surface area (Å²) in [5.74, 6) is 0.570. The highest BCUT2D eigenvalue weighted by molar-refractivity contribution is 7.10. The second-order valence-corrected chi connectivity index (χ2v) is 10.1. The van der Waals surface area contributed by atoms with Gasteiger partial charge in [0, 0.05) is 23.5 Å². The summed E-state index contributed by atoms with van der Waals surface area (Å²) in [6, 6.07) is 15.4. The van der Waals surface area contributed by atoms with Crippen molar-refractivity contribution < 1.29 is 14.3 Å². The van der Waals surface area contributed by atoms with Gasteiger partial charge in [-0.1, -0.05) is 41.5 Å². The molecule has 0 spiro atoms. The summed E-state index contributed by atoms with van der Waals surface area (Å²) >= 11 is 1.72. The fourth-order valence-electron chi connectivity index (χ4n) is 4.51. The molecule has 0 radical (unpaired) electrons. The highest BCUT2D eigenvalue weighted by Crippen LogP contribution is 2.34. The predicted octanol–water partition coefficient (Wildman–Crippen LogP) is 5.51. The number of ether oxygens (including phenoxy) is 1. The van der Waals surface area contributed by atoms with E-state index in [4.69, 9.17) is 4.74 Å². The molecule has 182 valence electrons. The van der Waals surface area contributed by atoms with Gasteiger partial charge in [0.05, 0.1) is 6.04 Å². The molecule has 1 aromatic heterocycles. The van der Waals surface area contributed by atoms with E-state index in [1.807, 2.05) is 43.0 Å². The second kappa shape index (κ2) is 10.9. The molecule has 1 atom stereocenters. The van der Waals surface area contributed by atoms with Gasteiger partial charge in [-0.15, -0.1) is 17.9 Å². The quantitative estimate of drug-likeness (QED) is 0.393. The second-order valence-electron chi connectivity index (χ2n) is 9.07. The average molecular weight is 489 g/mol. The first-order chi connectivity index (χ1) is 16.9. The Morgan fingerprint density at radius 1 is 1.11 bits per heavy atom. The summed E-state index contributed by atoms with van der Waals surface area (Å²) in [5.41, 5.74) is 5.05. The minimum atomic E-state index is -0.196. The van der Waals surface area contributed by atoms with Gasteiger partial charge < -0.3 is 14.5 Å². The number of hydrogen-bond donors (Lipinski definition) is 0. The molecule has 0 N–H and O–H groups in total. The summed E-state index contributed by atoms with van der Waals surface area (Å²) in [6.45, 7) is 11.1. The van der Waals surface area contributed by atoms with E-state index in [0.29, 0.717) is 25.3 Å². The Morgan fingerprint density at radius 3 is 2.57 bits per heavy atom. The van der Waals surface area contributed by atoms with Crippen LogP contribution in [0.3, 0.4) is 0 Å². The van der Waals surface area contributed by atoms with E-state index in [1.165, 1.54) is 10.4 Å². The molecule has 1 aliphatic heterocycles.